The summed E-state index contributed by atoms with van der Waals surface area (Å²) in [5.74, 6) is 0.0174. The van der Waals surface area contributed by atoms with Gasteiger partial charge in [0.2, 0.25) is 10.4 Å². The molecule has 4 nitrogen and oxygen atoms in total. The second-order valence-corrected chi connectivity index (χ2v) is 12.6. The first-order valence-corrected chi connectivity index (χ1v) is 18.1. The molecule has 0 rings (SSSR count). The standard InChI is InChI=1S/C33H66O4S.K/c1-3-5-7-9-11-13-15-17-18-19-21-23-25-27-29-31-33(32-37-38(34,35)36)30-28-26-24-22-20-16-14-12-10-8-6-4-2;/h28,30,33H,3-27,29,31-32H2,1-2H3,(H,34,35,36);/q;+1/p-1/b30-28+;. The third-order valence-electron chi connectivity index (χ3n) is 7.74. The van der Waals surface area contributed by atoms with E-state index < -0.39 is 10.4 Å². The molecule has 0 N–H and O–H groups in total. The quantitative estimate of drug-likeness (QED) is 0.0266. The summed E-state index contributed by atoms with van der Waals surface area (Å²) in [6, 6.07) is 0. The molecule has 0 bridgehead atoms. The van der Waals surface area contributed by atoms with E-state index >= 15 is 0 Å². The van der Waals surface area contributed by atoms with Gasteiger partial charge in [0.05, 0.1) is 6.61 Å². The van der Waals surface area contributed by atoms with E-state index in [1.54, 1.807) is 0 Å². The van der Waals surface area contributed by atoms with Gasteiger partial charge in [-0.3, -0.25) is 4.18 Å². The second kappa shape index (κ2) is 33.7. The van der Waals surface area contributed by atoms with Crippen molar-refractivity contribution < 1.29 is 68.5 Å². The first-order chi connectivity index (χ1) is 18.5. The molecule has 0 spiro atoms. The van der Waals surface area contributed by atoms with Crippen molar-refractivity contribution in [2.75, 3.05) is 6.61 Å². The molecule has 0 fully saturated rings. The number of hydrogen-bond acceptors (Lipinski definition) is 4. The number of allylic oxidation sites excluding steroid dienone is 1. The van der Waals surface area contributed by atoms with Crippen molar-refractivity contribution >= 4 is 10.4 Å². The predicted molar refractivity (Wildman–Crippen MR) is 164 cm³/mol. The summed E-state index contributed by atoms with van der Waals surface area (Å²) in [6.07, 6.45) is 39.5. The largest absolute Gasteiger partial charge is 1.00 e. The Kier molecular flexibility index (Phi) is 36.7. The van der Waals surface area contributed by atoms with E-state index in [9.17, 15) is 13.0 Å². The van der Waals surface area contributed by atoms with E-state index in [1.165, 1.54) is 154 Å². The molecule has 0 aromatic carbocycles. The average Bonchev–Trinajstić information content (AvgIpc) is 2.89. The summed E-state index contributed by atoms with van der Waals surface area (Å²) in [5.41, 5.74) is 0. The van der Waals surface area contributed by atoms with Gasteiger partial charge in [0.25, 0.3) is 0 Å². The fourth-order valence-electron chi connectivity index (χ4n) is 5.22. The Bertz CT molecular complexity index is 595. The zero-order chi connectivity index (χ0) is 28.0. The molecule has 6 heteroatoms. The summed E-state index contributed by atoms with van der Waals surface area (Å²) in [6.45, 7) is 4.52. The Morgan fingerprint density at radius 1 is 0.564 bits per heavy atom. The van der Waals surface area contributed by atoms with Gasteiger partial charge in [0, 0.05) is 5.92 Å². The summed E-state index contributed by atoms with van der Waals surface area (Å²) < 4.78 is 37.4. The Morgan fingerprint density at radius 3 is 1.26 bits per heavy atom. The molecule has 1 unspecified atom stereocenters. The van der Waals surface area contributed by atoms with Crippen molar-refractivity contribution in [3.8, 4) is 0 Å². The van der Waals surface area contributed by atoms with Gasteiger partial charge in [-0.25, -0.2) is 8.42 Å². The smallest absolute Gasteiger partial charge is 0.726 e. The van der Waals surface area contributed by atoms with Crippen LogP contribution in [0.5, 0.6) is 0 Å². The molecule has 0 saturated carbocycles. The van der Waals surface area contributed by atoms with Crippen LogP contribution in [-0.4, -0.2) is 19.6 Å². The summed E-state index contributed by atoms with van der Waals surface area (Å²) >= 11 is 0. The third-order valence-corrected chi connectivity index (χ3v) is 8.16. The minimum Gasteiger partial charge on any atom is -0.726 e. The minimum absolute atomic E-state index is 0. The molecule has 0 aliphatic carbocycles. The molecule has 0 aliphatic rings. The molecular formula is C33H65KO4S. The zero-order valence-corrected chi connectivity index (χ0v) is 30.5. The van der Waals surface area contributed by atoms with Gasteiger partial charge < -0.3 is 4.55 Å². The van der Waals surface area contributed by atoms with E-state index in [-0.39, 0.29) is 63.9 Å². The molecule has 1 atom stereocenters. The summed E-state index contributed by atoms with van der Waals surface area (Å²) in [7, 11) is -4.62. The van der Waals surface area contributed by atoms with Crippen LogP contribution in [0.4, 0.5) is 0 Å². The molecule has 0 aromatic rings. The van der Waals surface area contributed by atoms with E-state index in [0.29, 0.717) is 0 Å². The van der Waals surface area contributed by atoms with Gasteiger partial charge in [-0.05, 0) is 19.3 Å². The maximum atomic E-state index is 10.9. The Labute approximate surface area is 288 Å². The van der Waals surface area contributed by atoms with Crippen molar-refractivity contribution in [1.29, 1.82) is 0 Å². The van der Waals surface area contributed by atoms with Crippen LogP contribution < -0.4 is 51.4 Å². The van der Waals surface area contributed by atoms with Crippen molar-refractivity contribution in [2.45, 2.75) is 187 Å². The molecular weight excluding hydrogens is 532 g/mol. The van der Waals surface area contributed by atoms with E-state index in [2.05, 4.69) is 30.2 Å². The van der Waals surface area contributed by atoms with Gasteiger partial charge in [-0.1, -0.05) is 180 Å². The van der Waals surface area contributed by atoms with Crippen molar-refractivity contribution in [1.82, 2.24) is 0 Å². The SMILES string of the molecule is CCCCCCCCCCCC/C=C/C(CCCCCCCCCCCCCCCCC)COS(=O)(=O)[O-].[K+]. The van der Waals surface area contributed by atoms with Crippen LogP contribution >= 0.6 is 0 Å². The zero-order valence-electron chi connectivity index (χ0n) is 26.6. The monoisotopic (exact) mass is 596 g/mol. The maximum Gasteiger partial charge on any atom is 1.00 e. The Morgan fingerprint density at radius 2 is 0.897 bits per heavy atom. The number of hydrogen-bond donors (Lipinski definition) is 0. The number of rotatable bonds is 31. The minimum atomic E-state index is -4.62. The van der Waals surface area contributed by atoms with Gasteiger partial charge >= 0.3 is 51.4 Å². The van der Waals surface area contributed by atoms with Crippen LogP contribution in [0, 0.1) is 5.92 Å². The van der Waals surface area contributed by atoms with Crippen LogP contribution in [0.1, 0.15) is 187 Å². The maximum absolute atomic E-state index is 10.9. The van der Waals surface area contributed by atoms with Crippen molar-refractivity contribution in [2.24, 2.45) is 5.92 Å². The van der Waals surface area contributed by atoms with E-state index in [1.807, 2.05) is 0 Å². The number of unbranched alkanes of at least 4 members (excludes halogenated alkanes) is 24. The molecule has 39 heavy (non-hydrogen) atoms. The normalized spacial score (nSPS) is 12.7. The first kappa shape index (κ1) is 42.4. The molecule has 0 heterocycles. The van der Waals surface area contributed by atoms with Crippen molar-refractivity contribution in [3.63, 3.8) is 0 Å². The fourth-order valence-corrected chi connectivity index (χ4v) is 5.56. The Hall–Kier alpha value is 1.25. The molecule has 0 aliphatic heterocycles. The molecule has 0 radical (unpaired) electrons. The molecule has 228 valence electrons. The van der Waals surface area contributed by atoms with E-state index in [0.717, 1.165) is 19.3 Å². The summed E-state index contributed by atoms with van der Waals surface area (Å²) in [5, 5.41) is 0. The molecule has 0 amide bonds. The van der Waals surface area contributed by atoms with Crippen LogP contribution in [-0.2, 0) is 14.6 Å². The van der Waals surface area contributed by atoms with Crippen LogP contribution in [0.15, 0.2) is 12.2 Å². The molecule has 0 saturated heterocycles. The second-order valence-electron chi connectivity index (χ2n) is 11.6. The summed E-state index contributed by atoms with van der Waals surface area (Å²) in [4.78, 5) is 0. The van der Waals surface area contributed by atoms with Crippen LogP contribution in [0.25, 0.3) is 0 Å². The molecule has 0 aromatic heterocycles. The van der Waals surface area contributed by atoms with E-state index in [4.69, 9.17) is 0 Å². The average molecular weight is 597 g/mol. The Balaban J connectivity index is 0. The van der Waals surface area contributed by atoms with Crippen LogP contribution in [0.2, 0.25) is 0 Å². The van der Waals surface area contributed by atoms with Gasteiger partial charge in [0.15, 0.2) is 0 Å². The van der Waals surface area contributed by atoms with Crippen molar-refractivity contribution in [3.05, 3.63) is 12.2 Å². The van der Waals surface area contributed by atoms with Gasteiger partial charge in [-0.2, -0.15) is 0 Å². The topological polar surface area (TPSA) is 66.4 Å². The van der Waals surface area contributed by atoms with Crippen LogP contribution in [0.3, 0.4) is 0 Å². The van der Waals surface area contributed by atoms with Gasteiger partial charge in [0.1, 0.15) is 0 Å². The van der Waals surface area contributed by atoms with Gasteiger partial charge in [-0.15, -0.1) is 0 Å². The third kappa shape index (κ3) is 37.2. The fraction of sp³-hybridized carbons (Fsp3) is 0.939. The first-order valence-electron chi connectivity index (χ1n) is 16.8. The predicted octanol–water partition coefficient (Wildman–Crippen LogP) is 8.21.